The second kappa shape index (κ2) is 9.03. The molecule has 0 unspecified atom stereocenters. The number of amides is 1. The van der Waals surface area contributed by atoms with Crippen LogP contribution in [-0.2, 0) is 27.8 Å². The maximum atomic E-state index is 12.9. The zero-order valence-electron chi connectivity index (χ0n) is 16.2. The van der Waals surface area contributed by atoms with Crippen LogP contribution in [-0.4, -0.2) is 66.8 Å². The minimum Gasteiger partial charge on any atom is -0.496 e. The lowest BCUT2D eigenvalue weighted by atomic mass is 10.2. The Morgan fingerprint density at radius 2 is 2.10 bits per heavy atom. The third-order valence-electron chi connectivity index (χ3n) is 4.58. The Kier molecular flexibility index (Phi) is 6.67. The van der Waals surface area contributed by atoms with Gasteiger partial charge in [0.15, 0.2) is 10.6 Å². The predicted octanol–water partition coefficient (Wildman–Crippen LogP) is 0.920. The van der Waals surface area contributed by atoms with E-state index in [9.17, 15) is 13.2 Å². The number of H-pyrrole nitrogens is 1. The lowest BCUT2D eigenvalue weighted by Gasteiger charge is -2.26. The van der Waals surface area contributed by atoms with Crippen molar-refractivity contribution in [1.29, 1.82) is 0 Å². The molecule has 0 atom stereocenters. The lowest BCUT2D eigenvalue weighted by molar-refractivity contribution is 0.0730. The van der Waals surface area contributed by atoms with Gasteiger partial charge in [-0.15, -0.1) is 0 Å². The van der Waals surface area contributed by atoms with Gasteiger partial charge in [-0.05, 0) is 37.3 Å². The molecule has 1 aromatic heterocycles. The van der Waals surface area contributed by atoms with Crippen molar-refractivity contribution in [2.45, 2.75) is 24.9 Å². The number of methoxy groups -OCH3 is 1. The Hall–Kier alpha value is -2.28. The summed E-state index contributed by atoms with van der Waals surface area (Å²) in [6, 6.07) is 4.24. The first-order valence-corrected chi connectivity index (χ1v) is 10.9. The summed E-state index contributed by atoms with van der Waals surface area (Å²) in [5.41, 5.74) is 0.124. The summed E-state index contributed by atoms with van der Waals surface area (Å²) in [6.45, 7) is 3.88. The molecule has 0 radical (unpaired) electrons. The zero-order chi connectivity index (χ0) is 21.0. The largest absolute Gasteiger partial charge is 0.496 e. The molecule has 29 heavy (non-hydrogen) atoms. The molecule has 3 rings (SSSR count). The van der Waals surface area contributed by atoms with Crippen molar-refractivity contribution in [2.75, 3.05) is 33.4 Å². The smallest absolute Gasteiger partial charge is 0.255 e. The lowest BCUT2D eigenvalue weighted by Crippen LogP contribution is -2.40. The Labute approximate surface area is 173 Å². The van der Waals surface area contributed by atoms with E-state index in [4.69, 9.17) is 21.7 Å². The summed E-state index contributed by atoms with van der Waals surface area (Å²) >= 11 is 5.14. The highest BCUT2D eigenvalue weighted by molar-refractivity contribution is 7.89. The van der Waals surface area contributed by atoms with Crippen LogP contribution in [0.3, 0.4) is 0 Å². The van der Waals surface area contributed by atoms with Crippen LogP contribution in [0.4, 0.5) is 0 Å². The third-order valence-corrected chi connectivity index (χ3v) is 6.79. The summed E-state index contributed by atoms with van der Waals surface area (Å²) in [5.74, 6) is 0.372. The summed E-state index contributed by atoms with van der Waals surface area (Å²) < 4.78 is 39.8. The molecule has 1 aromatic carbocycles. The first-order chi connectivity index (χ1) is 13.9. The molecule has 1 aliphatic rings. The van der Waals surface area contributed by atoms with Crippen LogP contribution in [0.1, 0.15) is 23.1 Å². The predicted molar refractivity (Wildman–Crippen MR) is 107 cm³/mol. The number of nitrogens with one attached hydrogen (secondary N) is 2. The molecule has 0 spiro atoms. The maximum absolute atomic E-state index is 12.9. The van der Waals surface area contributed by atoms with Gasteiger partial charge in [0.25, 0.3) is 5.91 Å². The number of ether oxygens (including phenoxy) is 2. The van der Waals surface area contributed by atoms with E-state index in [0.717, 1.165) is 0 Å². The molecular formula is C17H23N5O5S2. The first kappa shape index (κ1) is 21.4. The molecular weight excluding hydrogens is 418 g/mol. The van der Waals surface area contributed by atoms with Crippen LogP contribution >= 0.6 is 12.2 Å². The maximum Gasteiger partial charge on any atom is 0.255 e. The van der Waals surface area contributed by atoms with Crippen molar-refractivity contribution in [2.24, 2.45) is 0 Å². The topological polar surface area (TPSA) is 119 Å². The van der Waals surface area contributed by atoms with E-state index < -0.39 is 15.9 Å². The average Bonchev–Trinajstić information content (AvgIpc) is 3.11. The summed E-state index contributed by atoms with van der Waals surface area (Å²) in [7, 11) is -2.31. The van der Waals surface area contributed by atoms with E-state index in [1.54, 1.807) is 4.57 Å². The third kappa shape index (κ3) is 4.50. The zero-order valence-corrected chi connectivity index (χ0v) is 17.8. The molecule has 0 aliphatic carbocycles. The number of carbonyl (C=O) groups is 1. The fourth-order valence-corrected chi connectivity index (χ4v) is 4.74. The standard InChI is InChI=1S/C17H23N5O5S2/c1-3-22-15(19-20-17(22)28)11-18-16(23)13-10-12(4-5-14(13)26-2)29(24,25)21-6-8-27-9-7-21/h4-5,10H,3,6-9,11H2,1-2H3,(H,18,23)(H,20,28). The molecule has 1 aliphatic heterocycles. The van der Waals surface area contributed by atoms with Gasteiger partial charge in [0.05, 0.1) is 37.3 Å². The summed E-state index contributed by atoms with van der Waals surface area (Å²) in [6.07, 6.45) is 0. The van der Waals surface area contributed by atoms with E-state index in [0.29, 0.717) is 30.4 Å². The van der Waals surface area contributed by atoms with E-state index in [-0.39, 0.29) is 35.8 Å². The second-order valence-electron chi connectivity index (χ2n) is 6.25. The van der Waals surface area contributed by atoms with Gasteiger partial charge in [-0.2, -0.15) is 9.40 Å². The van der Waals surface area contributed by atoms with Crippen LogP contribution in [0.15, 0.2) is 23.1 Å². The van der Waals surface area contributed by atoms with Gasteiger partial charge in [-0.25, -0.2) is 8.42 Å². The quantitative estimate of drug-likeness (QED) is 0.613. The van der Waals surface area contributed by atoms with Gasteiger partial charge in [0, 0.05) is 19.6 Å². The molecule has 0 saturated carbocycles. The number of sulfonamides is 1. The Bertz CT molecular complexity index is 1040. The van der Waals surface area contributed by atoms with Crippen molar-refractivity contribution in [3.63, 3.8) is 0 Å². The van der Waals surface area contributed by atoms with Gasteiger partial charge < -0.3 is 19.4 Å². The highest BCUT2D eigenvalue weighted by Crippen LogP contribution is 2.25. The van der Waals surface area contributed by atoms with E-state index in [2.05, 4.69) is 15.5 Å². The van der Waals surface area contributed by atoms with Crippen molar-refractivity contribution < 1.29 is 22.7 Å². The molecule has 10 nitrogen and oxygen atoms in total. The Morgan fingerprint density at radius 3 is 2.76 bits per heavy atom. The minimum absolute atomic E-state index is 0.0292. The monoisotopic (exact) mass is 441 g/mol. The number of morpholine rings is 1. The van der Waals surface area contributed by atoms with Crippen LogP contribution in [0.2, 0.25) is 0 Å². The van der Waals surface area contributed by atoms with E-state index in [1.165, 1.54) is 29.6 Å². The van der Waals surface area contributed by atoms with Gasteiger partial charge in [0.2, 0.25) is 10.0 Å². The molecule has 0 bridgehead atoms. The fraction of sp³-hybridized carbons (Fsp3) is 0.471. The van der Waals surface area contributed by atoms with Gasteiger partial charge in [-0.3, -0.25) is 9.89 Å². The van der Waals surface area contributed by atoms with Crippen LogP contribution in [0, 0.1) is 4.77 Å². The number of carbonyl (C=O) groups excluding carboxylic acids is 1. The summed E-state index contributed by atoms with van der Waals surface area (Å²) in [5, 5.41) is 9.52. The molecule has 158 valence electrons. The van der Waals surface area contributed by atoms with Crippen molar-refractivity contribution >= 4 is 28.1 Å². The number of rotatable bonds is 7. The Morgan fingerprint density at radius 1 is 1.38 bits per heavy atom. The summed E-state index contributed by atoms with van der Waals surface area (Å²) in [4.78, 5) is 12.8. The first-order valence-electron chi connectivity index (χ1n) is 9.06. The number of hydrogen-bond donors (Lipinski definition) is 2. The number of nitrogens with zero attached hydrogens (tertiary/aromatic N) is 3. The Balaban J connectivity index is 1.84. The van der Waals surface area contributed by atoms with Crippen molar-refractivity contribution in [3.8, 4) is 5.75 Å². The van der Waals surface area contributed by atoms with Gasteiger partial charge >= 0.3 is 0 Å². The van der Waals surface area contributed by atoms with Gasteiger partial charge in [0.1, 0.15) is 5.75 Å². The van der Waals surface area contributed by atoms with Crippen LogP contribution in [0.5, 0.6) is 5.75 Å². The van der Waals surface area contributed by atoms with Crippen molar-refractivity contribution in [1.82, 2.24) is 24.4 Å². The molecule has 2 N–H and O–H groups in total. The van der Waals surface area contributed by atoms with Crippen LogP contribution in [0.25, 0.3) is 0 Å². The number of aromatic nitrogens is 3. The second-order valence-corrected chi connectivity index (χ2v) is 8.58. The number of aromatic amines is 1. The van der Waals surface area contributed by atoms with Crippen LogP contribution < -0.4 is 10.1 Å². The van der Waals surface area contributed by atoms with Gasteiger partial charge in [-0.1, -0.05) is 0 Å². The van der Waals surface area contributed by atoms with E-state index >= 15 is 0 Å². The van der Waals surface area contributed by atoms with E-state index in [1.807, 2.05) is 6.92 Å². The fourth-order valence-electron chi connectivity index (χ4n) is 3.03. The molecule has 1 amide bonds. The average molecular weight is 442 g/mol. The highest BCUT2D eigenvalue weighted by Gasteiger charge is 2.28. The normalized spacial score (nSPS) is 15.2. The molecule has 2 heterocycles. The molecule has 2 aromatic rings. The molecule has 1 fully saturated rings. The number of hydrogen-bond acceptors (Lipinski definition) is 7. The molecule has 12 heteroatoms. The van der Waals surface area contributed by atoms with Crippen molar-refractivity contribution in [3.05, 3.63) is 34.4 Å². The highest BCUT2D eigenvalue weighted by atomic mass is 32.2. The SMILES string of the molecule is CCn1c(CNC(=O)c2cc(S(=O)(=O)N3CCOCC3)ccc2OC)n[nH]c1=S. The minimum atomic E-state index is -3.73. The molecule has 1 saturated heterocycles. The number of benzene rings is 1.